The molecule has 17 heavy (non-hydrogen) atoms. The third kappa shape index (κ3) is 5.75. The average Bonchev–Trinajstić information content (AvgIpc) is 2.26. The molecule has 0 saturated heterocycles. The minimum atomic E-state index is 0.780. The number of hydrogen-bond acceptors (Lipinski definition) is 1. The van der Waals surface area contributed by atoms with Gasteiger partial charge < -0.3 is 4.74 Å². The van der Waals surface area contributed by atoms with Crippen LogP contribution in [0.1, 0.15) is 39.0 Å². The summed E-state index contributed by atoms with van der Waals surface area (Å²) >= 11 is 10.5. The second kappa shape index (κ2) is 8.54. The van der Waals surface area contributed by atoms with Gasteiger partial charge in [-0.3, -0.25) is 0 Å². The molecule has 4 heteroatoms. The van der Waals surface area contributed by atoms with Crippen molar-refractivity contribution in [3.05, 3.63) is 25.6 Å². The molecule has 1 aromatic carbocycles. The van der Waals surface area contributed by atoms with Gasteiger partial charge in [0.2, 0.25) is 0 Å². The molecule has 96 valence electrons. The van der Waals surface area contributed by atoms with Crippen molar-refractivity contribution in [1.82, 2.24) is 0 Å². The first-order valence-corrected chi connectivity index (χ1v) is 8.30. The summed E-state index contributed by atoms with van der Waals surface area (Å²) in [5, 5.41) is 0. The van der Waals surface area contributed by atoms with Crippen LogP contribution in [0, 0.1) is 0 Å². The molecule has 1 rings (SSSR count). The van der Waals surface area contributed by atoms with Crippen molar-refractivity contribution >= 4 is 47.8 Å². The number of rotatable bonds is 7. The maximum atomic E-state index is 5.79. The third-order valence-corrected chi connectivity index (χ3v) is 4.09. The monoisotopic (exact) mass is 426 g/mol. The minimum Gasteiger partial charge on any atom is -0.491 e. The largest absolute Gasteiger partial charge is 0.491 e. The quantitative estimate of drug-likeness (QED) is 0.461. The maximum Gasteiger partial charge on any atom is 0.147 e. The van der Waals surface area contributed by atoms with Gasteiger partial charge in [0, 0.05) is 4.47 Å². The van der Waals surface area contributed by atoms with Gasteiger partial charge in [0.05, 0.1) is 15.6 Å². The molecule has 0 aliphatic rings. The van der Waals surface area contributed by atoms with E-state index >= 15 is 0 Å². The lowest BCUT2D eigenvalue weighted by atomic mass is 10.2. The fourth-order valence-electron chi connectivity index (χ4n) is 1.55. The predicted molar refractivity (Wildman–Crippen MR) is 83.8 cm³/mol. The highest BCUT2D eigenvalue weighted by atomic mass is 79.9. The lowest BCUT2D eigenvalue weighted by molar-refractivity contribution is 0.301. The Kier molecular flexibility index (Phi) is 7.80. The zero-order valence-electron chi connectivity index (χ0n) is 9.94. The van der Waals surface area contributed by atoms with Crippen molar-refractivity contribution in [2.45, 2.75) is 39.0 Å². The zero-order valence-corrected chi connectivity index (χ0v) is 14.7. The Morgan fingerprint density at radius 3 is 2.12 bits per heavy atom. The molecular weight excluding hydrogens is 412 g/mol. The number of benzene rings is 1. The Bertz CT molecular complexity index is 330. The van der Waals surface area contributed by atoms with Crippen LogP contribution in [0.25, 0.3) is 0 Å². The summed E-state index contributed by atoms with van der Waals surface area (Å²) in [6, 6.07) is 3.99. The summed E-state index contributed by atoms with van der Waals surface area (Å²) in [5.41, 5.74) is 0. The van der Waals surface area contributed by atoms with Crippen molar-refractivity contribution in [2.24, 2.45) is 0 Å². The van der Waals surface area contributed by atoms with Crippen LogP contribution in [0.4, 0.5) is 0 Å². The number of halogens is 3. The van der Waals surface area contributed by atoms with Gasteiger partial charge in [-0.1, -0.05) is 48.5 Å². The van der Waals surface area contributed by atoms with Crippen molar-refractivity contribution in [3.8, 4) is 5.75 Å². The molecule has 0 heterocycles. The molecule has 0 aromatic heterocycles. The van der Waals surface area contributed by atoms with Gasteiger partial charge >= 0.3 is 0 Å². The minimum absolute atomic E-state index is 0.780. The first kappa shape index (κ1) is 15.5. The Morgan fingerprint density at radius 1 is 0.941 bits per heavy atom. The first-order valence-electron chi connectivity index (χ1n) is 5.92. The van der Waals surface area contributed by atoms with Crippen molar-refractivity contribution in [3.63, 3.8) is 0 Å². The summed E-state index contributed by atoms with van der Waals surface area (Å²) in [6.07, 6.45) is 6.29. The number of unbranched alkanes of at least 4 members (excludes halogenated alkanes) is 4. The Labute approximate surface area is 129 Å². The van der Waals surface area contributed by atoms with Gasteiger partial charge in [0.1, 0.15) is 5.75 Å². The molecule has 0 aliphatic heterocycles. The Morgan fingerprint density at radius 2 is 1.53 bits per heavy atom. The normalized spacial score (nSPS) is 10.6. The molecule has 0 saturated carbocycles. The first-order chi connectivity index (χ1) is 8.15. The number of ether oxygens (including phenoxy) is 1. The molecule has 0 N–H and O–H groups in total. The van der Waals surface area contributed by atoms with Crippen molar-refractivity contribution in [1.29, 1.82) is 0 Å². The van der Waals surface area contributed by atoms with Crippen LogP contribution in [0.2, 0.25) is 0 Å². The van der Waals surface area contributed by atoms with Crippen molar-refractivity contribution < 1.29 is 4.74 Å². The van der Waals surface area contributed by atoms with E-state index in [0.29, 0.717) is 0 Å². The van der Waals surface area contributed by atoms with E-state index in [1.165, 1.54) is 25.7 Å². The molecule has 0 unspecified atom stereocenters. The van der Waals surface area contributed by atoms with Gasteiger partial charge in [-0.2, -0.15) is 0 Å². The lowest BCUT2D eigenvalue weighted by Gasteiger charge is -2.10. The molecule has 0 fully saturated rings. The lowest BCUT2D eigenvalue weighted by Crippen LogP contribution is -1.98. The van der Waals surface area contributed by atoms with E-state index in [2.05, 4.69) is 54.7 Å². The van der Waals surface area contributed by atoms with Gasteiger partial charge in [-0.15, -0.1) is 0 Å². The van der Waals surface area contributed by atoms with Crippen LogP contribution in [-0.4, -0.2) is 6.61 Å². The van der Waals surface area contributed by atoms with Crippen LogP contribution in [0.3, 0.4) is 0 Å². The van der Waals surface area contributed by atoms with E-state index < -0.39 is 0 Å². The second-order valence-electron chi connectivity index (χ2n) is 3.96. The summed E-state index contributed by atoms with van der Waals surface area (Å²) < 4.78 is 8.78. The van der Waals surface area contributed by atoms with E-state index in [9.17, 15) is 0 Å². The maximum absolute atomic E-state index is 5.79. The summed E-state index contributed by atoms with van der Waals surface area (Å²) in [7, 11) is 0. The van der Waals surface area contributed by atoms with E-state index in [-0.39, 0.29) is 0 Å². The predicted octanol–water partition coefficient (Wildman–Crippen LogP) is 6.32. The second-order valence-corrected chi connectivity index (χ2v) is 6.59. The highest BCUT2D eigenvalue weighted by molar-refractivity contribution is 9.11. The fraction of sp³-hybridized carbons (Fsp3) is 0.538. The smallest absolute Gasteiger partial charge is 0.147 e. The highest BCUT2D eigenvalue weighted by Gasteiger charge is 2.07. The number of hydrogen-bond donors (Lipinski definition) is 0. The van der Waals surface area contributed by atoms with Gasteiger partial charge in [0.25, 0.3) is 0 Å². The summed E-state index contributed by atoms with van der Waals surface area (Å²) in [6.45, 7) is 3.01. The zero-order chi connectivity index (χ0) is 12.7. The van der Waals surface area contributed by atoms with E-state index in [0.717, 1.165) is 32.2 Å². The molecule has 1 aromatic rings. The third-order valence-electron chi connectivity index (χ3n) is 2.46. The fourth-order valence-corrected chi connectivity index (χ4v) is 4.03. The van der Waals surface area contributed by atoms with Crippen LogP contribution < -0.4 is 4.74 Å². The average molecular weight is 429 g/mol. The Balaban J connectivity index is 2.36. The molecule has 0 bridgehead atoms. The molecule has 0 aliphatic carbocycles. The molecule has 0 spiro atoms. The highest BCUT2D eigenvalue weighted by Crippen LogP contribution is 2.36. The van der Waals surface area contributed by atoms with Crippen LogP contribution in [-0.2, 0) is 0 Å². The van der Waals surface area contributed by atoms with Crippen LogP contribution in [0.15, 0.2) is 25.6 Å². The van der Waals surface area contributed by atoms with E-state index in [4.69, 9.17) is 4.74 Å². The molecule has 0 atom stereocenters. The van der Waals surface area contributed by atoms with E-state index in [1.807, 2.05) is 12.1 Å². The topological polar surface area (TPSA) is 9.23 Å². The molecule has 0 amide bonds. The van der Waals surface area contributed by atoms with Gasteiger partial charge in [-0.05, 0) is 50.4 Å². The summed E-state index contributed by atoms with van der Waals surface area (Å²) in [4.78, 5) is 0. The van der Waals surface area contributed by atoms with Gasteiger partial charge in [0.15, 0.2) is 0 Å². The van der Waals surface area contributed by atoms with Gasteiger partial charge in [-0.25, -0.2) is 0 Å². The molecular formula is C13H17Br3O. The SMILES string of the molecule is CCCCCCCOc1c(Br)cc(Br)cc1Br. The van der Waals surface area contributed by atoms with Crippen LogP contribution in [0.5, 0.6) is 5.75 Å². The molecule has 0 radical (unpaired) electrons. The van der Waals surface area contributed by atoms with E-state index in [1.54, 1.807) is 0 Å². The van der Waals surface area contributed by atoms with Crippen molar-refractivity contribution in [2.75, 3.05) is 6.61 Å². The standard InChI is InChI=1S/C13H17Br3O/c1-2-3-4-5-6-7-17-13-11(15)8-10(14)9-12(13)16/h8-9H,2-7H2,1H3. The molecule has 1 nitrogen and oxygen atoms in total. The Hall–Kier alpha value is 0.460. The van der Waals surface area contributed by atoms with Crippen LogP contribution >= 0.6 is 47.8 Å². The summed E-state index contributed by atoms with van der Waals surface area (Å²) in [5.74, 6) is 0.892.